The first-order valence-electron chi connectivity index (χ1n) is 11.4. The van der Waals surface area contributed by atoms with Crippen molar-refractivity contribution in [2.24, 2.45) is 5.92 Å². The number of aliphatic carboxylic acids is 2. The van der Waals surface area contributed by atoms with E-state index in [4.69, 9.17) is 36.1 Å². The zero-order valence-corrected chi connectivity index (χ0v) is 21.2. The number of amides is 1. The molecule has 2 fully saturated rings. The lowest BCUT2D eigenvalue weighted by Gasteiger charge is -2.32. The van der Waals surface area contributed by atoms with Gasteiger partial charge in [-0.3, -0.25) is 14.7 Å². The van der Waals surface area contributed by atoms with E-state index in [1.54, 1.807) is 12.4 Å². The van der Waals surface area contributed by atoms with Crippen LogP contribution in [0.1, 0.15) is 17.5 Å². The highest BCUT2D eigenvalue weighted by Gasteiger charge is 2.44. The van der Waals surface area contributed by atoms with Crippen LogP contribution in [0.15, 0.2) is 48.8 Å². The summed E-state index contributed by atoms with van der Waals surface area (Å²) in [4.78, 5) is 36.9. The van der Waals surface area contributed by atoms with E-state index in [2.05, 4.69) is 21.3 Å². The van der Waals surface area contributed by atoms with E-state index in [9.17, 15) is 31.1 Å². The third-order valence-electron chi connectivity index (χ3n) is 5.54. The van der Waals surface area contributed by atoms with Crippen LogP contribution in [0.2, 0.25) is 5.02 Å². The second kappa shape index (κ2) is 14.3. The summed E-state index contributed by atoms with van der Waals surface area (Å²) in [7, 11) is 0. The fourth-order valence-electron chi connectivity index (χ4n) is 3.86. The quantitative estimate of drug-likeness (QED) is 0.442. The van der Waals surface area contributed by atoms with Crippen molar-refractivity contribution in [3.8, 4) is 0 Å². The van der Waals surface area contributed by atoms with E-state index in [0.29, 0.717) is 6.54 Å². The first-order valence-corrected chi connectivity index (χ1v) is 11.8. The third kappa shape index (κ3) is 11.0. The number of hydrogen-bond acceptors (Lipinski definition) is 6. The first kappa shape index (κ1) is 32.8. The van der Waals surface area contributed by atoms with Crippen LogP contribution in [0.25, 0.3) is 0 Å². The lowest BCUT2D eigenvalue weighted by molar-refractivity contribution is -0.193. The van der Waals surface area contributed by atoms with Crippen molar-refractivity contribution < 1.29 is 55.7 Å². The average molecular weight is 600 g/mol. The summed E-state index contributed by atoms with van der Waals surface area (Å²) in [6.45, 7) is 2.97. The second-order valence-electron chi connectivity index (χ2n) is 8.65. The Morgan fingerprint density at radius 3 is 2.12 bits per heavy atom. The van der Waals surface area contributed by atoms with Gasteiger partial charge in [0.1, 0.15) is 0 Å². The van der Waals surface area contributed by atoms with Gasteiger partial charge >= 0.3 is 24.3 Å². The van der Waals surface area contributed by atoms with Crippen LogP contribution < -0.4 is 5.32 Å². The lowest BCUT2D eigenvalue weighted by atomic mass is 9.99. The molecule has 0 radical (unpaired) electrons. The van der Waals surface area contributed by atoms with E-state index in [1.165, 1.54) is 5.56 Å². The Labute approximate surface area is 228 Å². The van der Waals surface area contributed by atoms with Crippen molar-refractivity contribution in [1.29, 1.82) is 0 Å². The zero-order valence-electron chi connectivity index (χ0n) is 20.5. The maximum absolute atomic E-state index is 12.6. The summed E-state index contributed by atoms with van der Waals surface area (Å²) in [6, 6.07) is 11.8. The number of halogens is 7. The Hall–Kier alpha value is -3.43. The van der Waals surface area contributed by atoms with Gasteiger partial charge in [-0.25, -0.2) is 9.59 Å². The van der Waals surface area contributed by atoms with Crippen molar-refractivity contribution in [3.05, 3.63) is 64.9 Å². The molecule has 2 aromatic rings. The van der Waals surface area contributed by atoms with Gasteiger partial charge in [-0.2, -0.15) is 26.3 Å². The Morgan fingerprint density at radius 2 is 1.60 bits per heavy atom. The van der Waals surface area contributed by atoms with Crippen molar-refractivity contribution in [2.75, 3.05) is 13.1 Å². The molecule has 9 nitrogen and oxygen atoms in total. The average Bonchev–Trinajstić information content (AvgIpc) is 3.16. The first-order chi connectivity index (χ1) is 18.6. The molecule has 220 valence electrons. The largest absolute Gasteiger partial charge is 0.490 e. The molecule has 2 saturated heterocycles. The predicted molar refractivity (Wildman–Crippen MR) is 127 cm³/mol. The number of carboxylic acid groups (broad SMARTS) is 2. The van der Waals surface area contributed by atoms with Gasteiger partial charge in [0.15, 0.2) is 0 Å². The lowest BCUT2D eigenvalue weighted by Crippen LogP contribution is -2.44. The van der Waals surface area contributed by atoms with Crippen molar-refractivity contribution >= 4 is 29.4 Å². The molecule has 3 atom stereocenters. The van der Waals surface area contributed by atoms with Crippen molar-refractivity contribution in [1.82, 2.24) is 15.2 Å². The highest BCUT2D eigenvalue weighted by Crippen LogP contribution is 2.33. The Bertz CT molecular complexity index is 1130. The van der Waals surface area contributed by atoms with Crippen LogP contribution in [0.5, 0.6) is 0 Å². The van der Waals surface area contributed by atoms with E-state index >= 15 is 0 Å². The van der Waals surface area contributed by atoms with E-state index < -0.39 is 24.3 Å². The van der Waals surface area contributed by atoms with Gasteiger partial charge in [0, 0.05) is 43.6 Å². The zero-order chi connectivity index (χ0) is 30.1. The number of ether oxygens (including phenoxy) is 1. The van der Waals surface area contributed by atoms with Crippen LogP contribution in [0.4, 0.5) is 26.3 Å². The molecule has 2 aliphatic rings. The van der Waals surface area contributed by atoms with Gasteiger partial charge in [0.25, 0.3) is 0 Å². The SMILES string of the molecule is O=C(NCc1cccnc1)C1CC2CN(Cc3cccc(Cl)c3)CC1O2.O=C(O)C(F)(F)F.O=C(O)C(F)(F)F. The van der Waals surface area contributed by atoms with Gasteiger partial charge < -0.3 is 20.3 Å². The molecular weight excluding hydrogens is 576 g/mol. The molecule has 4 rings (SSSR count). The molecule has 1 amide bonds. The number of alkyl halides is 6. The molecular formula is C24H24ClF6N3O6. The normalized spacial score (nSPS) is 20.3. The standard InChI is InChI=1S/C20H22ClN3O2.2C2HF3O2/c21-16-5-1-3-14(7-16)11-24-12-17-8-18(19(13-24)26-17)20(25)23-10-15-4-2-6-22-9-15;2*3-2(4,5)1(6)7/h1-7,9,17-19H,8,10-13H2,(H,23,25);2*(H,6,7). The van der Waals surface area contributed by atoms with Gasteiger partial charge in [-0.15, -0.1) is 0 Å². The molecule has 0 saturated carbocycles. The summed E-state index contributed by atoms with van der Waals surface area (Å²) in [5.41, 5.74) is 2.20. The van der Waals surface area contributed by atoms with Crippen LogP contribution in [0.3, 0.4) is 0 Å². The summed E-state index contributed by atoms with van der Waals surface area (Å²) in [5, 5.41) is 18.0. The van der Waals surface area contributed by atoms with Crippen molar-refractivity contribution in [2.45, 2.75) is 44.1 Å². The number of pyridine rings is 1. The fraction of sp³-hybridized carbons (Fsp3) is 0.417. The molecule has 3 unspecified atom stereocenters. The number of carbonyl (C=O) groups excluding carboxylic acids is 1. The maximum Gasteiger partial charge on any atom is 0.490 e. The topological polar surface area (TPSA) is 129 Å². The van der Waals surface area contributed by atoms with Crippen LogP contribution in [-0.2, 0) is 32.2 Å². The smallest absolute Gasteiger partial charge is 0.475 e. The van der Waals surface area contributed by atoms with Crippen LogP contribution in [-0.4, -0.2) is 75.6 Å². The molecule has 16 heteroatoms. The number of nitrogens with one attached hydrogen (secondary N) is 1. The second-order valence-corrected chi connectivity index (χ2v) is 9.08. The highest BCUT2D eigenvalue weighted by molar-refractivity contribution is 6.30. The van der Waals surface area contributed by atoms with Gasteiger partial charge in [0.05, 0.1) is 18.1 Å². The van der Waals surface area contributed by atoms with Crippen LogP contribution in [0, 0.1) is 5.92 Å². The van der Waals surface area contributed by atoms with Gasteiger partial charge in [-0.05, 0) is 35.7 Å². The molecule has 1 aromatic carbocycles. The molecule has 3 heterocycles. The molecule has 1 aromatic heterocycles. The minimum atomic E-state index is -5.08. The summed E-state index contributed by atoms with van der Waals surface area (Å²) in [5.74, 6) is -5.52. The number of carbonyl (C=O) groups is 3. The molecule has 0 spiro atoms. The Balaban J connectivity index is 0.000000333. The van der Waals surface area contributed by atoms with Crippen molar-refractivity contribution in [3.63, 3.8) is 0 Å². The minimum Gasteiger partial charge on any atom is -0.475 e. The highest BCUT2D eigenvalue weighted by atomic mass is 35.5. The number of morpholine rings is 1. The number of hydrogen-bond donors (Lipinski definition) is 3. The minimum absolute atomic E-state index is 0.0400. The maximum atomic E-state index is 12.6. The predicted octanol–water partition coefficient (Wildman–Crippen LogP) is 3.91. The van der Waals surface area contributed by atoms with E-state index in [1.807, 2.05) is 30.3 Å². The number of fused-ring (bicyclic) bond motifs is 2. The van der Waals surface area contributed by atoms with Crippen LogP contribution >= 0.6 is 11.6 Å². The van der Waals surface area contributed by atoms with E-state index in [-0.39, 0.29) is 24.0 Å². The number of aromatic nitrogens is 1. The van der Waals surface area contributed by atoms with E-state index in [0.717, 1.165) is 36.6 Å². The molecule has 2 aliphatic heterocycles. The molecule has 0 aliphatic carbocycles. The van der Waals surface area contributed by atoms with Gasteiger partial charge in [-0.1, -0.05) is 29.8 Å². The van der Waals surface area contributed by atoms with Gasteiger partial charge in [0.2, 0.25) is 5.91 Å². The summed E-state index contributed by atoms with van der Waals surface area (Å²) < 4.78 is 69.5. The number of nitrogens with zero attached hydrogens (tertiary/aromatic N) is 2. The summed E-state index contributed by atoms with van der Waals surface area (Å²) >= 11 is 6.08. The summed E-state index contributed by atoms with van der Waals surface area (Å²) in [6.07, 6.45) is -5.79. The third-order valence-corrected chi connectivity index (χ3v) is 5.77. The Morgan fingerprint density at radius 1 is 1.00 bits per heavy atom. The molecule has 3 N–H and O–H groups in total. The Kier molecular flexibility index (Phi) is 11.7. The molecule has 40 heavy (non-hydrogen) atoms. The number of carboxylic acids is 2. The number of rotatable bonds is 5. The number of benzene rings is 1. The molecule has 2 bridgehead atoms. The fourth-order valence-corrected chi connectivity index (χ4v) is 4.07. The number of likely N-dealkylation sites (tertiary alicyclic amines) is 1. The monoisotopic (exact) mass is 599 g/mol.